The zero-order valence-electron chi connectivity index (χ0n) is 10.1. The molecule has 0 unspecified atom stereocenters. The van der Waals surface area contributed by atoms with Crippen LogP contribution in [-0.4, -0.2) is 34.0 Å². The Morgan fingerprint density at radius 3 is 2.61 bits per heavy atom. The summed E-state index contributed by atoms with van der Waals surface area (Å²) >= 11 is 0. The number of allylic oxidation sites excluding steroid dienone is 1. The second-order valence-corrected chi connectivity index (χ2v) is 4.83. The lowest BCUT2D eigenvalue weighted by molar-refractivity contribution is 0.229. The molecule has 3 aliphatic rings. The van der Waals surface area contributed by atoms with E-state index in [1.54, 1.807) is 12.1 Å². The molecule has 94 valence electrons. The van der Waals surface area contributed by atoms with Gasteiger partial charge in [0.1, 0.15) is 11.5 Å². The number of fused-ring (bicyclic) bond motifs is 3. The Kier molecular flexibility index (Phi) is 2.70. The van der Waals surface area contributed by atoms with E-state index < -0.39 is 0 Å². The highest BCUT2D eigenvalue weighted by molar-refractivity contribution is 6.05. The van der Waals surface area contributed by atoms with Gasteiger partial charge in [-0.2, -0.15) is 0 Å². The highest BCUT2D eigenvalue weighted by Crippen LogP contribution is 2.34. The lowest BCUT2D eigenvalue weighted by Gasteiger charge is -2.42. The van der Waals surface area contributed by atoms with Gasteiger partial charge in [-0.25, -0.2) is 0 Å². The molecule has 3 saturated heterocycles. The number of phenols is 1. The van der Waals surface area contributed by atoms with Gasteiger partial charge >= 0.3 is 0 Å². The van der Waals surface area contributed by atoms with Crippen LogP contribution in [0, 0.1) is 5.92 Å². The van der Waals surface area contributed by atoms with Crippen molar-refractivity contribution in [2.24, 2.45) is 11.1 Å². The van der Waals surface area contributed by atoms with Crippen LogP contribution in [0.15, 0.2) is 35.1 Å². The summed E-state index contributed by atoms with van der Waals surface area (Å²) in [5.41, 5.74) is 2.47. The van der Waals surface area contributed by atoms with E-state index in [-0.39, 0.29) is 5.75 Å². The molecule has 0 aromatic heterocycles. The number of phenolic OH excluding ortho intramolecular Hbond substituents is 1. The first-order chi connectivity index (χ1) is 8.79. The van der Waals surface area contributed by atoms with E-state index in [1.807, 2.05) is 18.2 Å². The van der Waals surface area contributed by atoms with Crippen molar-refractivity contribution in [3.05, 3.63) is 35.5 Å². The van der Waals surface area contributed by atoms with Crippen LogP contribution < -0.4 is 0 Å². The van der Waals surface area contributed by atoms with Crippen molar-refractivity contribution in [3.63, 3.8) is 0 Å². The highest BCUT2D eigenvalue weighted by Gasteiger charge is 2.35. The minimum Gasteiger partial charge on any atom is -0.507 e. The first-order valence-corrected chi connectivity index (χ1v) is 6.26. The van der Waals surface area contributed by atoms with Crippen LogP contribution in [0.4, 0.5) is 0 Å². The number of aromatic hydroxyl groups is 1. The fourth-order valence-electron chi connectivity index (χ4n) is 2.82. The fraction of sp³-hybridized carbons (Fsp3) is 0.357. The number of oxime groups is 1. The zero-order valence-corrected chi connectivity index (χ0v) is 10.1. The van der Waals surface area contributed by atoms with Gasteiger partial charge in [-0.1, -0.05) is 23.4 Å². The Balaban J connectivity index is 2.02. The normalized spacial score (nSPS) is 24.1. The molecule has 4 heteroatoms. The molecule has 0 radical (unpaired) electrons. The van der Waals surface area contributed by atoms with Gasteiger partial charge < -0.3 is 15.2 Å². The smallest absolute Gasteiger partial charge is 0.122 e. The summed E-state index contributed by atoms with van der Waals surface area (Å²) in [5, 5.41) is 22.5. The summed E-state index contributed by atoms with van der Waals surface area (Å²) in [6.07, 6.45) is 4.02. The summed E-state index contributed by atoms with van der Waals surface area (Å²) in [4.78, 5) is 2.22. The molecular formula is C14H16N2O2. The lowest BCUT2D eigenvalue weighted by Crippen LogP contribution is -2.46. The number of para-hydroxylation sites is 1. The van der Waals surface area contributed by atoms with Crippen LogP contribution in [0.5, 0.6) is 5.75 Å². The molecule has 1 aromatic carbocycles. The SMILES string of the molecule is O/N=C1\C(=C\c2ccccc2O)N2CCC1CC2. The minimum atomic E-state index is 0.255. The number of nitrogens with zero attached hydrogens (tertiary/aromatic N) is 2. The van der Waals surface area contributed by atoms with E-state index >= 15 is 0 Å². The zero-order chi connectivity index (χ0) is 12.5. The summed E-state index contributed by atoms with van der Waals surface area (Å²) in [6, 6.07) is 7.21. The van der Waals surface area contributed by atoms with Crippen LogP contribution in [0.1, 0.15) is 18.4 Å². The molecule has 0 saturated carbocycles. The Morgan fingerprint density at radius 2 is 1.94 bits per heavy atom. The molecule has 3 aliphatic heterocycles. The number of hydrogen-bond acceptors (Lipinski definition) is 4. The van der Waals surface area contributed by atoms with Gasteiger partial charge in [-0.3, -0.25) is 0 Å². The predicted octanol–water partition coefficient (Wildman–Crippen LogP) is 2.29. The molecule has 0 spiro atoms. The monoisotopic (exact) mass is 244 g/mol. The van der Waals surface area contributed by atoms with Gasteiger partial charge in [0.05, 0.1) is 5.70 Å². The van der Waals surface area contributed by atoms with Crippen molar-refractivity contribution in [2.45, 2.75) is 12.8 Å². The van der Waals surface area contributed by atoms with Crippen LogP contribution in [0.25, 0.3) is 6.08 Å². The molecule has 18 heavy (non-hydrogen) atoms. The number of piperidine rings is 3. The molecule has 1 aromatic rings. The van der Waals surface area contributed by atoms with Crippen LogP contribution in [-0.2, 0) is 0 Å². The molecular weight excluding hydrogens is 228 g/mol. The van der Waals surface area contributed by atoms with Crippen molar-refractivity contribution >= 4 is 11.8 Å². The van der Waals surface area contributed by atoms with Crippen LogP contribution in [0.2, 0.25) is 0 Å². The second-order valence-electron chi connectivity index (χ2n) is 4.83. The van der Waals surface area contributed by atoms with E-state index in [2.05, 4.69) is 10.1 Å². The first-order valence-electron chi connectivity index (χ1n) is 6.26. The van der Waals surface area contributed by atoms with Crippen LogP contribution >= 0.6 is 0 Å². The third kappa shape index (κ3) is 1.74. The van der Waals surface area contributed by atoms with Gasteiger partial charge in [0, 0.05) is 24.6 Å². The van der Waals surface area contributed by atoms with Crippen molar-refractivity contribution < 1.29 is 10.3 Å². The molecule has 0 aliphatic carbocycles. The van der Waals surface area contributed by atoms with Crippen molar-refractivity contribution in [1.82, 2.24) is 4.90 Å². The fourth-order valence-corrected chi connectivity index (χ4v) is 2.82. The Hall–Kier alpha value is -1.97. The maximum atomic E-state index is 9.80. The van der Waals surface area contributed by atoms with Gasteiger partial charge in [0.15, 0.2) is 0 Å². The Morgan fingerprint density at radius 1 is 1.22 bits per heavy atom. The summed E-state index contributed by atoms with van der Waals surface area (Å²) in [6.45, 7) is 2.01. The first kappa shape index (κ1) is 11.1. The van der Waals surface area contributed by atoms with Crippen molar-refractivity contribution in [1.29, 1.82) is 0 Å². The maximum Gasteiger partial charge on any atom is 0.122 e. The predicted molar refractivity (Wildman–Crippen MR) is 69.6 cm³/mol. The van der Waals surface area contributed by atoms with E-state index in [0.717, 1.165) is 42.9 Å². The molecule has 2 N–H and O–H groups in total. The molecule has 0 amide bonds. The third-order valence-corrected chi connectivity index (χ3v) is 3.82. The number of hydrogen-bond donors (Lipinski definition) is 2. The average molecular weight is 244 g/mol. The third-order valence-electron chi connectivity index (χ3n) is 3.82. The molecule has 3 heterocycles. The van der Waals surface area contributed by atoms with Crippen LogP contribution in [0.3, 0.4) is 0 Å². The standard InChI is InChI=1S/C14H16N2O2/c17-13-4-2-1-3-11(13)9-12-14(15-18)10-5-7-16(12)8-6-10/h1-4,9-10,17-18H,5-8H2/b12-9-,15-14-. The van der Waals surface area contributed by atoms with E-state index in [9.17, 15) is 10.3 Å². The topological polar surface area (TPSA) is 56.1 Å². The highest BCUT2D eigenvalue weighted by atomic mass is 16.4. The maximum absolute atomic E-state index is 9.80. The summed E-state index contributed by atoms with van der Waals surface area (Å²) in [5.74, 6) is 0.613. The quantitative estimate of drug-likeness (QED) is 0.588. The van der Waals surface area contributed by atoms with Gasteiger partial charge in [-0.15, -0.1) is 0 Å². The van der Waals surface area contributed by atoms with Gasteiger partial charge in [0.2, 0.25) is 0 Å². The van der Waals surface area contributed by atoms with Gasteiger partial charge in [0.25, 0.3) is 0 Å². The largest absolute Gasteiger partial charge is 0.507 e. The minimum absolute atomic E-state index is 0.255. The Bertz CT molecular complexity index is 514. The summed E-state index contributed by atoms with van der Waals surface area (Å²) in [7, 11) is 0. The van der Waals surface area contributed by atoms with Gasteiger partial charge in [-0.05, 0) is 25.0 Å². The summed E-state index contributed by atoms with van der Waals surface area (Å²) < 4.78 is 0. The Labute approximate surface area is 106 Å². The number of benzene rings is 1. The molecule has 4 nitrogen and oxygen atoms in total. The van der Waals surface area contributed by atoms with E-state index in [4.69, 9.17) is 0 Å². The van der Waals surface area contributed by atoms with Crippen molar-refractivity contribution in [2.75, 3.05) is 13.1 Å². The van der Waals surface area contributed by atoms with E-state index in [1.165, 1.54) is 0 Å². The molecule has 0 atom stereocenters. The average Bonchev–Trinajstić information content (AvgIpc) is 2.42. The molecule has 2 bridgehead atoms. The van der Waals surface area contributed by atoms with Crippen molar-refractivity contribution in [3.8, 4) is 5.75 Å². The molecule has 3 fully saturated rings. The lowest BCUT2D eigenvalue weighted by atomic mass is 9.83. The van der Waals surface area contributed by atoms with E-state index in [0.29, 0.717) is 5.92 Å². The number of rotatable bonds is 1. The second kappa shape index (κ2) is 4.37. The molecule has 4 rings (SSSR count).